The maximum Gasteiger partial charge on any atom is 0.168 e. The maximum atomic E-state index is 13.4. The molecule has 2 unspecified atom stereocenters. The molecule has 0 heterocycles. The van der Waals surface area contributed by atoms with Crippen molar-refractivity contribution in [1.29, 1.82) is 0 Å². The number of hydrogen-bond donors (Lipinski definition) is 1. The molecule has 1 fully saturated rings. The van der Waals surface area contributed by atoms with Crippen LogP contribution in [0.3, 0.4) is 0 Å². The third kappa shape index (κ3) is 2.12. The first-order valence-electron chi connectivity index (χ1n) is 6.31. The summed E-state index contributed by atoms with van der Waals surface area (Å²) in [7, 11) is 0. The standard InChI is InChI=1S/C16H14FNO/c17-14-8-4-7-11(15(14)18)16(19)13-9-12(13)10-5-2-1-3-6-10/h1-8,12-13H,9,18H2. The van der Waals surface area contributed by atoms with Crippen molar-refractivity contribution in [3.05, 3.63) is 65.5 Å². The second-order valence-electron chi connectivity index (χ2n) is 4.92. The van der Waals surface area contributed by atoms with E-state index in [1.165, 1.54) is 12.1 Å². The minimum Gasteiger partial charge on any atom is -0.396 e. The fraction of sp³-hybridized carbons (Fsp3) is 0.188. The van der Waals surface area contributed by atoms with Gasteiger partial charge in [-0.1, -0.05) is 36.4 Å². The zero-order valence-electron chi connectivity index (χ0n) is 10.3. The largest absolute Gasteiger partial charge is 0.396 e. The van der Waals surface area contributed by atoms with Crippen LogP contribution in [0.25, 0.3) is 0 Å². The van der Waals surface area contributed by atoms with Crippen LogP contribution in [0, 0.1) is 11.7 Å². The summed E-state index contributed by atoms with van der Waals surface area (Å²) >= 11 is 0. The number of carbonyl (C=O) groups excluding carboxylic acids is 1. The van der Waals surface area contributed by atoms with Crippen molar-refractivity contribution in [3.8, 4) is 0 Å². The van der Waals surface area contributed by atoms with Crippen LogP contribution in [0.1, 0.15) is 28.3 Å². The van der Waals surface area contributed by atoms with Crippen LogP contribution >= 0.6 is 0 Å². The van der Waals surface area contributed by atoms with Gasteiger partial charge >= 0.3 is 0 Å². The second kappa shape index (κ2) is 4.50. The van der Waals surface area contributed by atoms with Gasteiger partial charge < -0.3 is 5.73 Å². The summed E-state index contributed by atoms with van der Waals surface area (Å²) in [5.41, 5.74) is 7.07. The number of rotatable bonds is 3. The third-order valence-electron chi connectivity index (χ3n) is 3.67. The van der Waals surface area contributed by atoms with Gasteiger partial charge in [-0.25, -0.2) is 4.39 Å². The minimum atomic E-state index is -0.525. The highest BCUT2D eigenvalue weighted by Gasteiger charge is 2.44. The molecule has 0 aromatic heterocycles. The van der Waals surface area contributed by atoms with E-state index in [2.05, 4.69) is 0 Å². The summed E-state index contributed by atoms with van der Waals surface area (Å²) in [6.45, 7) is 0. The molecular formula is C16H14FNO. The van der Waals surface area contributed by atoms with Crippen LogP contribution in [-0.2, 0) is 0 Å². The van der Waals surface area contributed by atoms with E-state index >= 15 is 0 Å². The van der Waals surface area contributed by atoms with Crippen molar-refractivity contribution < 1.29 is 9.18 Å². The highest BCUT2D eigenvalue weighted by atomic mass is 19.1. The van der Waals surface area contributed by atoms with Crippen LogP contribution in [0.4, 0.5) is 10.1 Å². The monoisotopic (exact) mass is 255 g/mol. The van der Waals surface area contributed by atoms with Crippen LogP contribution in [0.15, 0.2) is 48.5 Å². The molecule has 3 heteroatoms. The number of anilines is 1. The second-order valence-corrected chi connectivity index (χ2v) is 4.92. The molecule has 2 nitrogen and oxygen atoms in total. The summed E-state index contributed by atoms with van der Waals surface area (Å²) in [6, 6.07) is 14.3. The van der Waals surface area contributed by atoms with Crippen molar-refractivity contribution in [2.75, 3.05) is 5.73 Å². The number of benzene rings is 2. The zero-order valence-corrected chi connectivity index (χ0v) is 10.3. The Morgan fingerprint density at radius 1 is 1.11 bits per heavy atom. The van der Waals surface area contributed by atoms with Gasteiger partial charge in [0.2, 0.25) is 0 Å². The van der Waals surface area contributed by atoms with Crippen molar-refractivity contribution in [2.24, 2.45) is 5.92 Å². The molecule has 2 N–H and O–H groups in total. The van der Waals surface area contributed by atoms with Crippen LogP contribution in [-0.4, -0.2) is 5.78 Å². The molecule has 0 amide bonds. The number of ketones is 1. The van der Waals surface area contributed by atoms with E-state index in [0.717, 1.165) is 12.0 Å². The molecule has 2 aromatic rings. The van der Waals surface area contributed by atoms with Crippen LogP contribution in [0.5, 0.6) is 0 Å². The molecule has 1 aliphatic carbocycles. The zero-order chi connectivity index (χ0) is 13.4. The molecule has 0 spiro atoms. The van der Waals surface area contributed by atoms with Gasteiger partial charge in [-0.15, -0.1) is 0 Å². The first-order valence-corrected chi connectivity index (χ1v) is 6.31. The van der Waals surface area contributed by atoms with Gasteiger partial charge in [-0.05, 0) is 30.0 Å². The number of nitrogen functional groups attached to an aromatic ring is 1. The number of para-hydroxylation sites is 1. The number of hydrogen-bond acceptors (Lipinski definition) is 2. The Hall–Kier alpha value is -2.16. The molecule has 0 radical (unpaired) electrons. The molecular weight excluding hydrogens is 241 g/mol. The van der Waals surface area contributed by atoms with Crippen molar-refractivity contribution >= 4 is 11.5 Å². The molecule has 96 valence electrons. The molecule has 0 saturated heterocycles. The number of carbonyl (C=O) groups is 1. The molecule has 2 atom stereocenters. The Bertz CT molecular complexity index is 624. The highest BCUT2D eigenvalue weighted by Crippen LogP contribution is 2.49. The van der Waals surface area contributed by atoms with Gasteiger partial charge in [0.1, 0.15) is 5.82 Å². The average molecular weight is 255 g/mol. The third-order valence-corrected chi connectivity index (χ3v) is 3.67. The van der Waals surface area contributed by atoms with Crippen molar-refractivity contribution in [2.45, 2.75) is 12.3 Å². The van der Waals surface area contributed by atoms with E-state index in [4.69, 9.17) is 5.73 Å². The van der Waals surface area contributed by atoms with E-state index in [-0.39, 0.29) is 23.3 Å². The summed E-state index contributed by atoms with van der Waals surface area (Å²) < 4.78 is 13.4. The topological polar surface area (TPSA) is 43.1 Å². The Morgan fingerprint density at radius 3 is 2.58 bits per heavy atom. The summed E-state index contributed by atoms with van der Waals surface area (Å²) in [6.07, 6.45) is 0.818. The first-order chi connectivity index (χ1) is 9.18. The molecule has 1 aliphatic rings. The average Bonchev–Trinajstić information content (AvgIpc) is 3.22. The smallest absolute Gasteiger partial charge is 0.168 e. The summed E-state index contributed by atoms with van der Waals surface area (Å²) in [5, 5.41) is 0. The van der Waals surface area contributed by atoms with Gasteiger partial charge in [-0.2, -0.15) is 0 Å². The predicted molar refractivity (Wildman–Crippen MR) is 72.4 cm³/mol. The molecule has 0 aliphatic heterocycles. The van der Waals surface area contributed by atoms with Gasteiger partial charge in [0.05, 0.1) is 5.69 Å². The normalized spacial score (nSPS) is 21.1. The van der Waals surface area contributed by atoms with Crippen molar-refractivity contribution in [3.63, 3.8) is 0 Å². The van der Waals surface area contributed by atoms with Crippen LogP contribution in [0.2, 0.25) is 0 Å². The minimum absolute atomic E-state index is 0.0359. The number of nitrogens with two attached hydrogens (primary N) is 1. The number of halogens is 1. The molecule has 0 bridgehead atoms. The lowest BCUT2D eigenvalue weighted by atomic mass is 10.0. The SMILES string of the molecule is Nc1c(F)cccc1C(=O)C1CC1c1ccccc1. The first kappa shape index (κ1) is 11.9. The van der Waals surface area contributed by atoms with Crippen LogP contribution < -0.4 is 5.73 Å². The fourth-order valence-electron chi connectivity index (χ4n) is 2.51. The molecule has 3 rings (SSSR count). The van der Waals surface area contributed by atoms with Crippen molar-refractivity contribution in [1.82, 2.24) is 0 Å². The molecule has 19 heavy (non-hydrogen) atoms. The van der Waals surface area contributed by atoms with E-state index in [0.29, 0.717) is 5.56 Å². The van der Waals surface area contributed by atoms with E-state index in [1.54, 1.807) is 6.07 Å². The summed E-state index contributed by atoms with van der Waals surface area (Å²) in [4.78, 5) is 12.3. The number of Topliss-reactive ketones (excluding diaryl/α,β-unsaturated/α-hetero) is 1. The Balaban J connectivity index is 1.82. The Morgan fingerprint density at radius 2 is 1.84 bits per heavy atom. The highest BCUT2D eigenvalue weighted by molar-refractivity contribution is 6.04. The van der Waals surface area contributed by atoms with E-state index < -0.39 is 5.82 Å². The van der Waals surface area contributed by atoms with Gasteiger partial charge in [0.25, 0.3) is 0 Å². The van der Waals surface area contributed by atoms with Gasteiger partial charge in [0.15, 0.2) is 5.78 Å². The van der Waals surface area contributed by atoms with E-state index in [9.17, 15) is 9.18 Å². The lowest BCUT2D eigenvalue weighted by Crippen LogP contribution is -2.08. The lowest BCUT2D eigenvalue weighted by molar-refractivity contribution is 0.0966. The Labute approximate surface area is 111 Å². The lowest BCUT2D eigenvalue weighted by Gasteiger charge is -2.05. The Kier molecular flexibility index (Phi) is 2.82. The predicted octanol–water partition coefficient (Wildman–Crippen LogP) is 3.39. The fourth-order valence-corrected chi connectivity index (χ4v) is 2.51. The quantitative estimate of drug-likeness (QED) is 0.674. The molecule has 2 aromatic carbocycles. The maximum absolute atomic E-state index is 13.4. The summed E-state index contributed by atoms with van der Waals surface area (Å²) in [5.74, 6) is -0.392. The van der Waals surface area contributed by atoms with Gasteiger partial charge in [-0.3, -0.25) is 4.79 Å². The van der Waals surface area contributed by atoms with Gasteiger partial charge in [0, 0.05) is 11.5 Å². The van der Waals surface area contributed by atoms with E-state index in [1.807, 2.05) is 30.3 Å². The molecule has 1 saturated carbocycles.